The van der Waals surface area contributed by atoms with E-state index in [1.165, 1.54) is 24.6 Å². The molecule has 25 heavy (non-hydrogen) atoms. The lowest BCUT2D eigenvalue weighted by Gasteiger charge is -2.34. The first-order chi connectivity index (χ1) is 11.8. The zero-order valence-electron chi connectivity index (χ0n) is 16.7. The fourth-order valence-electron chi connectivity index (χ4n) is 2.67. The van der Waals surface area contributed by atoms with E-state index in [4.69, 9.17) is 23.1 Å². The Kier molecular flexibility index (Phi) is 14.2. The maximum absolute atomic E-state index is 6.64. The van der Waals surface area contributed by atoms with Gasteiger partial charge in [0.1, 0.15) is 0 Å². The third-order valence-corrected chi connectivity index (χ3v) is 11.3. The van der Waals surface area contributed by atoms with Gasteiger partial charge < -0.3 is 23.1 Å². The van der Waals surface area contributed by atoms with Crippen LogP contribution in [0.5, 0.6) is 0 Å². The van der Waals surface area contributed by atoms with Gasteiger partial charge >= 0.3 is 0 Å². The molecule has 0 atom stereocenters. The molecule has 5 nitrogen and oxygen atoms in total. The molecule has 0 unspecified atom stereocenters. The van der Waals surface area contributed by atoms with E-state index >= 15 is 0 Å². The van der Waals surface area contributed by atoms with Crippen LogP contribution in [0.2, 0.25) is 38.3 Å². The smallest absolute Gasteiger partial charge is 0.188 e. The standard InChI is InChI=1S/C18H38O5Si2/c1-7-19-17-21-13-9-11-15-24(3,4)23-25(5,6)16-12-10-14-22-18-20-8-2/h7-8H,1-2,9-18H2,3-6H3. The van der Waals surface area contributed by atoms with Crippen LogP contribution in [0.1, 0.15) is 25.7 Å². The van der Waals surface area contributed by atoms with Crippen molar-refractivity contribution in [2.75, 3.05) is 26.8 Å². The van der Waals surface area contributed by atoms with Crippen LogP contribution < -0.4 is 0 Å². The molecule has 148 valence electrons. The SMILES string of the molecule is C=COCOCCCC[Si](C)(C)O[Si](C)(C)CCCCOCOC=C. The van der Waals surface area contributed by atoms with Gasteiger partial charge in [0.25, 0.3) is 0 Å². The van der Waals surface area contributed by atoms with Crippen molar-refractivity contribution >= 4 is 16.6 Å². The van der Waals surface area contributed by atoms with Crippen molar-refractivity contribution in [3.8, 4) is 0 Å². The van der Waals surface area contributed by atoms with Gasteiger partial charge in [0.05, 0.1) is 25.7 Å². The Hall–Kier alpha value is -0.606. The molecule has 0 aliphatic heterocycles. The zero-order chi connectivity index (χ0) is 19.0. The van der Waals surface area contributed by atoms with Crippen LogP contribution in [0.25, 0.3) is 0 Å². The summed E-state index contributed by atoms with van der Waals surface area (Å²) in [5.74, 6) is 0. The van der Waals surface area contributed by atoms with E-state index in [2.05, 4.69) is 39.3 Å². The molecule has 0 radical (unpaired) electrons. The Morgan fingerprint density at radius 2 is 1.08 bits per heavy atom. The van der Waals surface area contributed by atoms with Crippen LogP contribution in [0.15, 0.2) is 25.7 Å². The summed E-state index contributed by atoms with van der Waals surface area (Å²) in [6, 6.07) is 2.36. The molecular formula is C18H38O5Si2. The fraction of sp³-hybridized carbons (Fsp3) is 0.778. The predicted octanol–water partition coefficient (Wildman–Crippen LogP) is 5.24. The molecule has 0 rings (SSSR count). The van der Waals surface area contributed by atoms with Crippen LogP contribution in [0.4, 0.5) is 0 Å². The molecule has 0 aromatic rings. The van der Waals surface area contributed by atoms with Gasteiger partial charge in [-0.2, -0.15) is 0 Å². The zero-order valence-corrected chi connectivity index (χ0v) is 18.7. The van der Waals surface area contributed by atoms with Crippen molar-refractivity contribution in [1.29, 1.82) is 0 Å². The third-order valence-electron chi connectivity index (χ3n) is 3.73. The molecule has 0 aliphatic rings. The Bertz CT molecular complexity index is 316. The summed E-state index contributed by atoms with van der Waals surface area (Å²) in [5.41, 5.74) is 0. The second kappa shape index (κ2) is 14.6. The summed E-state index contributed by atoms with van der Waals surface area (Å²) >= 11 is 0. The monoisotopic (exact) mass is 390 g/mol. The summed E-state index contributed by atoms with van der Waals surface area (Å²) < 4.78 is 27.2. The molecule has 0 aromatic carbocycles. The number of unbranched alkanes of at least 4 members (excludes halogenated alkanes) is 2. The van der Waals surface area contributed by atoms with Crippen LogP contribution in [-0.4, -0.2) is 43.4 Å². The highest BCUT2D eigenvalue weighted by Crippen LogP contribution is 2.24. The van der Waals surface area contributed by atoms with Crippen LogP contribution in [0.3, 0.4) is 0 Å². The molecule has 0 amide bonds. The number of ether oxygens (including phenoxy) is 4. The summed E-state index contributed by atoms with van der Waals surface area (Å²) in [5, 5.41) is 0. The van der Waals surface area contributed by atoms with Gasteiger partial charge in [-0.1, -0.05) is 26.0 Å². The van der Waals surface area contributed by atoms with E-state index in [0.717, 1.165) is 38.9 Å². The molecular weight excluding hydrogens is 352 g/mol. The quantitative estimate of drug-likeness (QED) is 0.139. The Balaban J connectivity index is 3.80. The molecule has 0 saturated carbocycles. The van der Waals surface area contributed by atoms with Gasteiger partial charge in [-0.05, 0) is 51.1 Å². The second-order valence-electron chi connectivity index (χ2n) is 7.25. The first-order valence-electron chi connectivity index (χ1n) is 9.14. The minimum Gasteiger partial charge on any atom is -0.476 e. The fourth-order valence-corrected chi connectivity index (χ4v) is 11.7. The predicted molar refractivity (Wildman–Crippen MR) is 108 cm³/mol. The van der Waals surface area contributed by atoms with Gasteiger partial charge in [-0.25, -0.2) is 0 Å². The molecule has 0 N–H and O–H groups in total. The van der Waals surface area contributed by atoms with Crippen molar-refractivity contribution in [3.63, 3.8) is 0 Å². The minimum atomic E-state index is -1.60. The summed E-state index contributed by atoms with van der Waals surface area (Å²) in [7, 11) is -3.21. The summed E-state index contributed by atoms with van der Waals surface area (Å²) in [6.45, 7) is 18.3. The maximum Gasteiger partial charge on any atom is 0.188 e. The molecule has 0 heterocycles. The van der Waals surface area contributed by atoms with E-state index in [9.17, 15) is 0 Å². The highest BCUT2D eigenvalue weighted by molar-refractivity contribution is 6.84. The number of rotatable bonds is 18. The lowest BCUT2D eigenvalue weighted by molar-refractivity contribution is -0.0120. The van der Waals surface area contributed by atoms with Gasteiger partial charge in [-0.15, -0.1) is 0 Å². The van der Waals surface area contributed by atoms with Crippen molar-refractivity contribution in [1.82, 2.24) is 0 Å². The molecule has 0 aliphatic carbocycles. The van der Waals surface area contributed by atoms with E-state index in [1.807, 2.05) is 0 Å². The lowest BCUT2D eigenvalue weighted by atomic mass is 10.4. The van der Waals surface area contributed by atoms with Gasteiger partial charge in [0.2, 0.25) is 0 Å². The van der Waals surface area contributed by atoms with Crippen molar-refractivity contribution < 1.29 is 23.1 Å². The normalized spacial score (nSPS) is 12.0. The van der Waals surface area contributed by atoms with Crippen molar-refractivity contribution in [2.24, 2.45) is 0 Å². The second-order valence-corrected chi connectivity index (χ2v) is 16.1. The lowest BCUT2D eigenvalue weighted by Crippen LogP contribution is -2.44. The van der Waals surface area contributed by atoms with E-state index in [1.54, 1.807) is 0 Å². The van der Waals surface area contributed by atoms with E-state index < -0.39 is 16.6 Å². The van der Waals surface area contributed by atoms with Gasteiger partial charge in [0.15, 0.2) is 30.2 Å². The topological polar surface area (TPSA) is 46.2 Å². The minimum absolute atomic E-state index is 0.296. The van der Waals surface area contributed by atoms with Crippen LogP contribution in [0, 0.1) is 0 Å². The molecule has 0 saturated heterocycles. The first-order valence-corrected chi connectivity index (χ1v) is 15.4. The Labute approximate surface area is 156 Å². The molecule has 7 heteroatoms. The highest BCUT2D eigenvalue weighted by atomic mass is 28.4. The van der Waals surface area contributed by atoms with E-state index in [0.29, 0.717) is 13.6 Å². The summed E-state index contributed by atoms with van der Waals surface area (Å²) in [4.78, 5) is 0. The van der Waals surface area contributed by atoms with Crippen molar-refractivity contribution in [2.45, 2.75) is 64.0 Å². The first kappa shape index (κ1) is 24.4. The van der Waals surface area contributed by atoms with Crippen molar-refractivity contribution in [3.05, 3.63) is 25.7 Å². The largest absolute Gasteiger partial charge is 0.476 e. The molecule has 0 bridgehead atoms. The van der Waals surface area contributed by atoms with Crippen LogP contribution in [-0.2, 0) is 23.1 Å². The molecule has 0 spiro atoms. The van der Waals surface area contributed by atoms with E-state index in [-0.39, 0.29) is 0 Å². The average molecular weight is 391 g/mol. The summed E-state index contributed by atoms with van der Waals surface area (Å²) in [6.07, 6.45) is 7.19. The number of hydrogen-bond acceptors (Lipinski definition) is 5. The van der Waals surface area contributed by atoms with Gasteiger partial charge in [-0.3, -0.25) is 0 Å². The maximum atomic E-state index is 6.64. The molecule has 0 fully saturated rings. The Morgan fingerprint density at radius 1 is 0.680 bits per heavy atom. The van der Waals surface area contributed by atoms with Crippen LogP contribution >= 0.6 is 0 Å². The van der Waals surface area contributed by atoms with Gasteiger partial charge in [0, 0.05) is 0 Å². The third kappa shape index (κ3) is 16.6. The average Bonchev–Trinajstić information content (AvgIpc) is 2.52. The highest BCUT2D eigenvalue weighted by Gasteiger charge is 2.32. The molecule has 0 aromatic heterocycles. The number of hydrogen-bond donors (Lipinski definition) is 0. The Morgan fingerprint density at radius 3 is 1.44 bits per heavy atom.